The van der Waals surface area contributed by atoms with Gasteiger partial charge in [-0.15, -0.1) is 0 Å². The molecule has 0 saturated carbocycles. The van der Waals surface area contributed by atoms with Gasteiger partial charge in [0.1, 0.15) is 0 Å². The third-order valence-electron chi connectivity index (χ3n) is 4.13. The average molecular weight is 307 g/mol. The molecule has 2 aromatic rings. The molecule has 2 heteroatoms. The summed E-state index contributed by atoms with van der Waals surface area (Å²) in [7, 11) is 0. The number of hydrogen-bond acceptors (Lipinski definition) is 2. The van der Waals surface area contributed by atoms with Crippen LogP contribution in [0.25, 0.3) is 6.08 Å². The number of carbonyl (C=O) groups is 1. The molecule has 0 saturated heterocycles. The van der Waals surface area contributed by atoms with Crippen molar-refractivity contribution in [3.8, 4) is 0 Å². The summed E-state index contributed by atoms with van der Waals surface area (Å²) in [4.78, 5) is 14.5. The van der Waals surface area contributed by atoms with Crippen LogP contribution in [0, 0.1) is 13.8 Å². The van der Waals surface area contributed by atoms with Crippen molar-refractivity contribution in [2.75, 3.05) is 18.0 Å². The van der Waals surface area contributed by atoms with Crippen molar-refractivity contribution in [1.82, 2.24) is 0 Å². The molecule has 0 aromatic heterocycles. The van der Waals surface area contributed by atoms with Crippen molar-refractivity contribution >= 4 is 17.5 Å². The van der Waals surface area contributed by atoms with E-state index in [2.05, 4.69) is 43.9 Å². The second-order valence-electron chi connectivity index (χ2n) is 5.78. The molecule has 0 radical (unpaired) electrons. The Morgan fingerprint density at radius 3 is 2.22 bits per heavy atom. The van der Waals surface area contributed by atoms with Gasteiger partial charge in [-0.3, -0.25) is 4.79 Å². The van der Waals surface area contributed by atoms with E-state index in [1.165, 1.54) is 11.3 Å². The van der Waals surface area contributed by atoms with Crippen molar-refractivity contribution in [2.24, 2.45) is 0 Å². The lowest BCUT2D eigenvalue weighted by molar-refractivity contribution is 0.104. The summed E-state index contributed by atoms with van der Waals surface area (Å²) < 4.78 is 0. The number of ketones is 1. The highest BCUT2D eigenvalue weighted by atomic mass is 16.1. The minimum atomic E-state index is 0.0391. The number of aryl methyl sites for hydroxylation is 2. The van der Waals surface area contributed by atoms with Gasteiger partial charge >= 0.3 is 0 Å². The highest BCUT2D eigenvalue weighted by Gasteiger charge is 2.05. The van der Waals surface area contributed by atoms with Crippen LogP contribution in [0.3, 0.4) is 0 Å². The summed E-state index contributed by atoms with van der Waals surface area (Å²) in [6, 6.07) is 14.1. The zero-order valence-corrected chi connectivity index (χ0v) is 14.5. The van der Waals surface area contributed by atoms with Crippen LogP contribution in [0.5, 0.6) is 0 Å². The first-order valence-electron chi connectivity index (χ1n) is 8.19. The molecule has 0 amide bonds. The maximum Gasteiger partial charge on any atom is 0.185 e. The molecule has 0 unspecified atom stereocenters. The van der Waals surface area contributed by atoms with Crippen molar-refractivity contribution in [1.29, 1.82) is 0 Å². The first-order chi connectivity index (χ1) is 11.0. The molecule has 0 heterocycles. The standard InChI is InChI=1S/C21H25NO/c1-5-22(6-2)20-13-11-18(17(4)15-20)12-14-21(23)19-9-7-16(3)8-10-19/h7-15H,5-6H2,1-4H3. The molecule has 0 aliphatic heterocycles. The van der Waals surface area contributed by atoms with E-state index in [1.54, 1.807) is 6.08 Å². The maximum atomic E-state index is 12.2. The van der Waals surface area contributed by atoms with E-state index in [-0.39, 0.29) is 5.78 Å². The van der Waals surface area contributed by atoms with E-state index in [1.807, 2.05) is 37.3 Å². The predicted octanol–water partition coefficient (Wildman–Crippen LogP) is 5.05. The van der Waals surface area contributed by atoms with E-state index in [9.17, 15) is 4.79 Å². The Labute approximate surface area is 139 Å². The molecule has 2 rings (SSSR count). The molecular weight excluding hydrogens is 282 g/mol. The third kappa shape index (κ3) is 4.32. The molecule has 0 aliphatic rings. The molecule has 0 aliphatic carbocycles. The first-order valence-corrected chi connectivity index (χ1v) is 8.19. The summed E-state index contributed by atoms with van der Waals surface area (Å²) in [5.74, 6) is 0.0391. The normalized spacial score (nSPS) is 11.0. The highest BCUT2D eigenvalue weighted by Crippen LogP contribution is 2.20. The smallest absolute Gasteiger partial charge is 0.185 e. The van der Waals surface area contributed by atoms with Gasteiger partial charge in [0, 0.05) is 24.3 Å². The second kappa shape index (κ2) is 7.77. The van der Waals surface area contributed by atoms with Gasteiger partial charge in [0.25, 0.3) is 0 Å². The van der Waals surface area contributed by atoms with E-state index < -0.39 is 0 Å². The summed E-state index contributed by atoms with van der Waals surface area (Å²) >= 11 is 0. The van der Waals surface area contributed by atoms with Gasteiger partial charge in [0.05, 0.1) is 0 Å². The molecule has 2 nitrogen and oxygen atoms in total. The summed E-state index contributed by atoms with van der Waals surface area (Å²) in [5.41, 5.74) is 5.39. The largest absolute Gasteiger partial charge is 0.372 e. The van der Waals surface area contributed by atoms with Crippen LogP contribution in [0.2, 0.25) is 0 Å². The van der Waals surface area contributed by atoms with Gasteiger partial charge in [-0.25, -0.2) is 0 Å². The summed E-state index contributed by atoms with van der Waals surface area (Å²) in [6.45, 7) is 10.4. The van der Waals surface area contributed by atoms with Crippen LogP contribution in [0.1, 0.15) is 40.9 Å². The topological polar surface area (TPSA) is 20.3 Å². The second-order valence-corrected chi connectivity index (χ2v) is 5.78. The molecule has 2 aromatic carbocycles. The minimum Gasteiger partial charge on any atom is -0.372 e. The van der Waals surface area contributed by atoms with Gasteiger partial charge in [-0.2, -0.15) is 0 Å². The third-order valence-corrected chi connectivity index (χ3v) is 4.13. The van der Waals surface area contributed by atoms with Crippen LogP contribution in [0.4, 0.5) is 5.69 Å². The number of hydrogen-bond donors (Lipinski definition) is 0. The van der Waals surface area contributed by atoms with Gasteiger partial charge in [-0.05, 0) is 57.0 Å². The average Bonchev–Trinajstić information content (AvgIpc) is 2.55. The Kier molecular flexibility index (Phi) is 5.75. The van der Waals surface area contributed by atoms with Gasteiger partial charge < -0.3 is 4.90 Å². The summed E-state index contributed by atoms with van der Waals surface area (Å²) in [5, 5.41) is 0. The lowest BCUT2D eigenvalue weighted by atomic mass is 10.0. The number of rotatable bonds is 6. The van der Waals surface area contributed by atoms with Gasteiger partial charge in [0.2, 0.25) is 0 Å². The van der Waals surface area contributed by atoms with Crippen LogP contribution >= 0.6 is 0 Å². The highest BCUT2D eigenvalue weighted by molar-refractivity contribution is 6.06. The van der Waals surface area contributed by atoms with Crippen LogP contribution in [0.15, 0.2) is 48.5 Å². The predicted molar refractivity (Wildman–Crippen MR) is 99.3 cm³/mol. The first kappa shape index (κ1) is 17.0. The number of benzene rings is 2. The van der Waals surface area contributed by atoms with Crippen LogP contribution in [-0.2, 0) is 0 Å². The molecule has 0 bridgehead atoms. The van der Waals surface area contributed by atoms with Gasteiger partial charge in [-0.1, -0.05) is 42.0 Å². The molecule has 23 heavy (non-hydrogen) atoms. The Morgan fingerprint density at radius 1 is 1.00 bits per heavy atom. The Morgan fingerprint density at radius 2 is 1.65 bits per heavy atom. The molecule has 0 N–H and O–H groups in total. The fourth-order valence-electron chi connectivity index (χ4n) is 2.61. The lowest BCUT2D eigenvalue weighted by Gasteiger charge is -2.21. The minimum absolute atomic E-state index is 0.0391. The van der Waals surface area contributed by atoms with E-state index in [4.69, 9.17) is 0 Å². The van der Waals surface area contributed by atoms with Crippen molar-refractivity contribution in [3.05, 3.63) is 70.8 Å². The van der Waals surface area contributed by atoms with E-state index >= 15 is 0 Å². The lowest BCUT2D eigenvalue weighted by Crippen LogP contribution is -2.21. The van der Waals surface area contributed by atoms with Crippen molar-refractivity contribution in [3.63, 3.8) is 0 Å². The van der Waals surface area contributed by atoms with Gasteiger partial charge in [0.15, 0.2) is 5.78 Å². The van der Waals surface area contributed by atoms with Crippen LogP contribution < -0.4 is 4.90 Å². The molecule has 0 fully saturated rings. The Hall–Kier alpha value is -2.35. The summed E-state index contributed by atoms with van der Waals surface area (Å²) in [6.07, 6.45) is 3.56. The number of nitrogens with zero attached hydrogens (tertiary/aromatic N) is 1. The fraction of sp³-hybridized carbons (Fsp3) is 0.286. The molecule has 0 spiro atoms. The fourth-order valence-corrected chi connectivity index (χ4v) is 2.61. The van der Waals surface area contributed by atoms with Crippen molar-refractivity contribution in [2.45, 2.75) is 27.7 Å². The quantitative estimate of drug-likeness (QED) is 0.550. The van der Waals surface area contributed by atoms with E-state index in [0.29, 0.717) is 0 Å². The zero-order valence-electron chi connectivity index (χ0n) is 14.5. The molecule has 0 atom stereocenters. The monoisotopic (exact) mass is 307 g/mol. The number of anilines is 1. The van der Waals surface area contributed by atoms with E-state index in [0.717, 1.165) is 29.8 Å². The zero-order chi connectivity index (χ0) is 16.8. The van der Waals surface area contributed by atoms with Crippen LogP contribution in [-0.4, -0.2) is 18.9 Å². The Balaban J connectivity index is 2.16. The number of allylic oxidation sites excluding steroid dienone is 1. The number of carbonyl (C=O) groups excluding carboxylic acids is 1. The van der Waals surface area contributed by atoms with Crippen molar-refractivity contribution < 1.29 is 4.79 Å². The molecule has 120 valence electrons. The molecular formula is C21H25NO. The maximum absolute atomic E-state index is 12.2. The SMILES string of the molecule is CCN(CC)c1ccc(C=CC(=O)c2ccc(C)cc2)c(C)c1. The Bertz CT molecular complexity index is 694.